The molecule has 0 radical (unpaired) electrons. The molecule has 12 heavy (non-hydrogen) atoms. The van der Waals surface area contributed by atoms with Crippen LogP contribution in [0.25, 0.3) is 0 Å². The average molecular weight is 273 g/mol. The first-order valence-corrected chi connectivity index (χ1v) is 4.60. The molecule has 1 aromatic rings. The third kappa shape index (κ3) is 2.44. The van der Waals surface area contributed by atoms with Crippen LogP contribution in [0.2, 0.25) is 0 Å². The number of allylic oxidation sites excluding steroid dienone is 2. The average Bonchev–Trinajstić information content (AvgIpc) is 2.15. The SMILES string of the molecule is C/C=C/C(=[O+]I)c1ccccc1. The summed E-state index contributed by atoms with van der Waals surface area (Å²) in [6, 6.07) is 10.0. The summed E-state index contributed by atoms with van der Waals surface area (Å²) in [4.78, 5) is 0. The van der Waals surface area contributed by atoms with Crippen molar-refractivity contribution in [1.82, 2.24) is 0 Å². The predicted molar refractivity (Wildman–Crippen MR) is 59.6 cm³/mol. The highest BCUT2D eigenvalue weighted by Gasteiger charge is 2.08. The van der Waals surface area contributed by atoms with Crippen molar-refractivity contribution in [2.45, 2.75) is 6.92 Å². The maximum absolute atomic E-state index is 5.18. The molecule has 0 saturated carbocycles. The number of hydrogen-bond acceptors (Lipinski definition) is 0. The number of halogens is 1. The number of carbonyl (C=O) groups excluding carboxylic acids is 1. The van der Waals surface area contributed by atoms with Crippen LogP contribution in [0.4, 0.5) is 0 Å². The molecule has 0 unspecified atom stereocenters. The second-order valence-electron chi connectivity index (χ2n) is 2.31. The minimum Gasteiger partial charge on any atom is -0.181 e. The van der Waals surface area contributed by atoms with E-state index in [1.807, 2.05) is 72.4 Å². The van der Waals surface area contributed by atoms with Crippen LogP contribution in [0.1, 0.15) is 15.2 Å². The second-order valence-corrected chi connectivity index (χ2v) is 2.75. The summed E-state index contributed by atoms with van der Waals surface area (Å²) < 4.78 is 5.18. The summed E-state index contributed by atoms with van der Waals surface area (Å²) in [5.41, 5.74) is 1.10. The van der Waals surface area contributed by atoms with Gasteiger partial charge in [0.1, 0.15) is 0 Å². The van der Waals surface area contributed by atoms with E-state index in [0.717, 1.165) is 11.3 Å². The normalized spacial score (nSPS) is 12.3. The van der Waals surface area contributed by atoms with Gasteiger partial charge < -0.3 is 0 Å². The molecule has 62 valence electrons. The van der Waals surface area contributed by atoms with E-state index in [4.69, 9.17) is 2.75 Å². The van der Waals surface area contributed by atoms with Crippen LogP contribution in [0, 0.1) is 0 Å². The van der Waals surface area contributed by atoms with Crippen molar-refractivity contribution in [2.75, 3.05) is 0 Å². The molecule has 0 amide bonds. The maximum Gasteiger partial charge on any atom is 0.575 e. The van der Waals surface area contributed by atoms with E-state index in [1.165, 1.54) is 0 Å². The van der Waals surface area contributed by atoms with Gasteiger partial charge in [-0.2, -0.15) is 2.75 Å². The summed E-state index contributed by atoms with van der Waals surface area (Å²) in [5, 5.41) is 0. The van der Waals surface area contributed by atoms with Crippen LogP contribution in [0.3, 0.4) is 0 Å². The first kappa shape index (κ1) is 9.45. The lowest BCUT2D eigenvalue weighted by molar-refractivity contribution is 0.0350. The Bertz CT molecular complexity index is 288. The topological polar surface area (TPSA) is 11.3 Å². The van der Waals surface area contributed by atoms with Crippen molar-refractivity contribution in [3.8, 4) is 0 Å². The van der Waals surface area contributed by atoms with Crippen LogP contribution >= 0.6 is 23.0 Å². The van der Waals surface area contributed by atoms with Crippen LogP contribution in [0.15, 0.2) is 42.5 Å². The number of ketones is 1. The minimum atomic E-state index is 0.888. The minimum absolute atomic E-state index is 0.888. The Morgan fingerprint density at radius 3 is 2.50 bits per heavy atom. The molecule has 0 aliphatic carbocycles. The standard InChI is InChI=1S/C10H10IO/c1-2-6-10(12-11)9-7-4-3-5-8-9/h2-8H,1H3/q+1/b6-2+. The molecule has 2 heteroatoms. The second kappa shape index (κ2) is 5.09. The first-order chi connectivity index (χ1) is 5.88. The zero-order valence-corrected chi connectivity index (χ0v) is 8.99. The lowest BCUT2D eigenvalue weighted by Crippen LogP contribution is -1.93. The summed E-state index contributed by atoms with van der Waals surface area (Å²) in [7, 11) is 0. The summed E-state index contributed by atoms with van der Waals surface area (Å²) in [6.45, 7) is 1.97. The van der Waals surface area contributed by atoms with Gasteiger partial charge >= 0.3 is 28.8 Å². The molecule has 0 aromatic heterocycles. The van der Waals surface area contributed by atoms with Gasteiger partial charge in [0.05, 0.1) is 5.56 Å². The Morgan fingerprint density at radius 1 is 1.33 bits per heavy atom. The smallest absolute Gasteiger partial charge is 0.181 e. The van der Waals surface area contributed by atoms with Gasteiger partial charge in [0, 0.05) is 6.08 Å². The zero-order valence-electron chi connectivity index (χ0n) is 6.83. The van der Waals surface area contributed by atoms with Crippen LogP contribution in [-0.2, 0) is 0 Å². The monoisotopic (exact) mass is 273 g/mol. The van der Waals surface area contributed by atoms with Gasteiger partial charge in [-0.1, -0.05) is 24.3 Å². The largest absolute Gasteiger partial charge is 0.575 e. The Hall–Kier alpha value is -0.640. The van der Waals surface area contributed by atoms with Crippen molar-refractivity contribution in [3.63, 3.8) is 0 Å². The molecule has 0 heterocycles. The lowest BCUT2D eigenvalue weighted by Gasteiger charge is -1.87. The fourth-order valence-corrected chi connectivity index (χ4v) is 1.32. The molecular weight excluding hydrogens is 263 g/mol. The van der Waals surface area contributed by atoms with Gasteiger partial charge in [-0.15, -0.1) is 0 Å². The maximum atomic E-state index is 5.18. The van der Waals surface area contributed by atoms with E-state index in [0.29, 0.717) is 0 Å². The van der Waals surface area contributed by atoms with E-state index in [2.05, 4.69) is 0 Å². The van der Waals surface area contributed by atoms with E-state index >= 15 is 0 Å². The molecule has 1 aromatic carbocycles. The summed E-state index contributed by atoms with van der Waals surface area (Å²) in [6.07, 6.45) is 3.91. The summed E-state index contributed by atoms with van der Waals surface area (Å²) in [5.74, 6) is 0.888. The van der Waals surface area contributed by atoms with Crippen molar-refractivity contribution in [3.05, 3.63) is 48.0 Å². The Labute approximate surface area is 86.5 Å². The first-order valence-electron chi connectivity index (χ1n) is 3.72. The van der Waals surface area contributed by atoms with Crippen molar-refractivity contribution in [1.29, 1.82) is 0 Å². The van der Waals surface area contributed by atoms with Crippen molar-refractivity contribution < 1.29 is 2.75 Å². The number of rotatable bonds is 2. The van der Waals surface area contributed by atoms with Gasteiger partial charge in [0.2, 0.25) is 0 Å². The molecule has 1 rings (SSSR count). The highest BCUT2D eigenvalue weighted by molar-refractivity contribution is 14.1. The summed E-state index contributed by atoms with van der Waals surface area (Å²) >= 11 is 1.89. The van der Waals surface area contributed by atoms with Gasteiger partial charge in [0.15, 0.2) is 0 Å². The van der Waals surface area contributed by atoms with E-state index in [9.17, 15) is 0 Å². The molecule has 0 aliphatic rings. The Kier molecular flexibility index (Phi) is 4.00. The fourth-order valence-electron chi connectivity index (χ4n) is 0.920. The predicted octanol–water partition coefficient (Wildman–Crippen LogP) is 3.33. The van der Waals surface area contributed by atoms with Gasteiger partial charge in [-0.25, -0.2) is 0 Å². The molecule has 0 bridgehead atoms. The fraction of sp³-hybridized carbons (Fsp3) is 0.100. The molecular formula is C10H10IO+. The van der Waals surface area contributed by atoms with Crippen LogP contribution in [-0.4, -0.2) is 5.78 Å². The third-order valence-electron chi connectivity index (χ3n) is 1.46. The van der Waals surface area contributed by atoms with E-state index < -0.39 is 0 Å². The van der Waals surface area contributed by atoms with Gasteiger partial charge in [-0.3, -0.25) is 0 Å². The van der Waals surface area contributed by atoms with Gasteiger partial charge in [-0.05, 0) is 19.1 Å². The van der Waals surface area contributed by atoms with Crippen molar-refractivity contribution in [2.24, 2.45) is 0 Å². The number of hydrogen-bond donors (Lipinski definition) is 0. The van der Waals surface area contributed by atoms with Crippen LogP contribution in [0.5, 0.6) is 0 Å². The number of benzene rings is 1. The van der Waals surface area contributed by atoms with Crippen LogP contribution < -0.4 is 0 Å². The molecule has 0 N–H and O–H groups in total. The van der Waals surface area contributed by atoms with E-state index in [1.54, 1.807) is 0 Å². The molecule has 0 atom stereocenters. The zero-order chi connectivity index (χ0) is 8.81. The Morgan fingerprint density at radius 2 is 2.00 bits per heavy atom. The Balaban J connectivity index is 2.97. The van der Waals surface area contributed by atoms with Gasteiger partial charge in [0.25, 0.3) is 0 Å². The van der Waals surface area contributed by atoms with Crippen molar-refractivity contribution >= 4 is 28.8 Å². The molecule has 0 saturated heterocycles. The lowest BCUT2D eigenvalue weighted by atomic mass is 10.1. The highest BCUT2D eigenvalue weighted by Crippen LogP contribution is 2.04. The molecule has 0 aliphatic heterocycles. The molecule has 1 nitrogen and oxygen atoms in total. The molecule has 0 fully saturated rings. The highest BCUT2D eigenvalue weighted by atomic mass is 127. The van der Waals surface area contributed by atoms with E-state index in [-0.39, 0.29) is 0 Å². The quantitative estimate of drug-likeness (QED) is 0.339. The third-order valence-corrected chi connectivity index (χ3v) is 1.93. The molecule has 0 spiro atoms.